The SMILES string of the molecule is CCCC=C(c1cc(Cl)c(OC)c(C(=O)OC)c1)c1cc(Cl)c(OC)c(C(=O)OC)c1. The summed E-state index contributed by atoms with van der Waals surface area (Å²) in [5, 5.41) is 0.492. The van der Waals surface area contributed by atoms with Crippen molar-refractivity contribution >= 4 is 40.7 Å². The fourth-order valence-corrected chi connectivity index (χ4v) is 3.72. The Kier molecular flexibility index (Phi) is 8.77. The van der Waals surface area contributed by atoms with Crippen LogP contribution in [0.15, 0.2) is 30.3 Å². The summed E-state index contributed by atoms with van der Waals surface area (Å²) in [6.07, 6.45) is 3.60. The Morgan fingerprint density at radius 2 is 1.23 bits per heavy atom. The standard InChI is InChI=1S/C23H24Cl2O6/c1-6-7-8-15(13-9-16(22(26)30-4)20(28-2)18(24)11-13)14-10-17(23(27)31-5)21(29-3)19(25)12-14/h8-12H,6-7H2,1-5H3. The first-order valence-corrected chi connectivity index (χ1v) is 10.2. The number of carbonyl (C=O) groups excluding carboxylic acids is 2. The van der Waals surface area contributed by atoms with E-state index in [-0.39, 0.29) is 32.7 Å². The molecule has 0 heterocycles. The van der Waals surface area contributed by atoms with Gasteiger partial charge in [-0.15, -0.1) is 0 Å². The summed E-state index contributed by atoms with van der Waals surface area (Å²) in [5.74, 6) is -0.734. The Labute approximate surface area is 191 Å². The minimum Gasteiger partial charge on any atom is -0.494 e. The topological polar surface area (TPSA) is 71.1 Å². The number of unbranched alkanes of at least 4 members (excludes halogenated alkanes) is 1. The zero-order chi connectivity index (χ0) is 23.1. The first-order chi connectivity index (χ1) is 14.8. The van der Waals surface area contributed by atoms with Crippen LogP contribution in [0.5, 0.6) is 11.5 Å². The predicted octanol–water partition coefficient (Wildman–Crippen LogP) is 5.82. The summed E-state index contributed by atoms with van der Waals surface area (Å²) in [5.41, 5.74) is 2.37. The number of rotatable bonds is 8. The highest BCUT2D eigenvalue weighted by atomic mass is 35.5. The molecule has 0 saturated heterocycles. The Hall–Kier alpha value is -2.70. The fourth-order valence-electron chi connectivity index (χ4n) is 3.13. The summed E-state index contributed by atoms with van der Waals surface area (Å²) in [4.78, 5) is 24.6. The van der Waals surface area contributed by atoms with Crippen molar-refractivity contribution in [1.29, 1.82) is 0 Å². The number of esters is 2. The number of allylic oxidation sites excluding steroid dienone is 1. The lowest BCUT2D eigenvalue weighted by Crippen LogP contribution is -2.07. The molecule has 8 heteroatoms. The summed E-state index contributed by atoms with van der Waals surface area (Å²) in [7, 11) is 5.41. The maximum absolute atomic E-state index is 12.3. The molecule has 0 aliphatic rings. The van der Waals surface area contributed by atoms with Crippen molar-refractivity contribution in [2.24, 2.45) is 0 Å². The van der Waals surface area contributed by atoms with Gasteiger partial charge in [0.05, 0.1) is 38.5 Å². The van der Waals surface area contributed by atoms with Crippen LogP contribution in [-0.4, -0.2) is 40.4 Å². The van der Waals surface area contributed by atoms with E-state index < -0.39 is 11.9 Å². The minimum atomic E-state index is -0.585. The molecule has 0 aliphatic heterocycles. The fraction of sp³-hybridized carbons (Fsp3) is 0.304. The summed E-state index contributed by atoms with van der Waals surface area (Å²) >= 11 is 12.8. The molecule has 0 aliphatic carbocycles. The normalized spacial score (nSPS) is 10.3. The van der Waals surface area contributed by atoms with E-state index in [1.165, 1.54) is 28.4 Å². The molecule has 0 bridgehead atoms. The lowest BCUT2D eigenvalue weighted by molar-refractivity contribution is 0.0588. The molecule has 0 N–H and O–H groups in total. The second kappa shape index (κ2) is 11.1. The third-order valence-corrected chi connectivity index (χ3v) is 5.13. The van der Waals surface area contributed by atoms with Crippen LogP contribution in [0.25, 0.3) is 5.57 Å². The lowest BCUT2D eigenvalue weighted by atomic mass is 9.93. The average Bonchev–Trinajstić information content (AvgIpc) is 2.77. The average molecular weight is 467 g/mol. The number of halogens is 2. The van der Waals surface area contributed by atoms with Crippen LogP contribution in [0.1, 0.15) is 51.6 Å². The van der Waals surface area contributed by atoms with E-state index in [9.17, 15) is 9.59 Å². The second-order valence-electron chi connectivity index (χ2n) is 6.47. The Morgan fingerprint density at radius 3 is 1.55 bits per heavy atom. The third kappa shape index (κ3) is 5.32. The molecular formula is C23H24Cl2O6. The molecule has 0 aromatic heterocycles. The molecule has 0 unspecified atom stereocenters. The maximum Gasteiger partial charge on any atom is 0.341 e. The minimum absolute atomic E-state index is 0.183. The number of benzene rings is 2. The van der Waals surface area contributed by atoms with E-state index in [2.05, 4.69) is 0 Å². The number of hydrogen-bond acceptors (Lipinski definition) is 6. The monoisotopic (exact) mass is 466 g/mol. The zero-order valence-corrected chi connectivity index (χ0v) is 19.5. The van der Waals surface area contributed by atoms with E-state index in [0.29, 0.717) is 11.1 Å². The van der Waals surface area contributed by atoms with E-state index in [0.717, 1.165) is 18.4 Å². The van der Waals surface area contributed by atoms with Gasteiger partial charge in [-0.05, 0) is 47.4 Å². The number of ether oxygens (including phenoxy) is 4. The van der Waals surface area contributed by atoms with Crippen molar-refractivity contribution in [2.75, 3.05) is 28.4 Å². The highest BCUT2D eigenvalue weighted by molar-refractivity contribution is 6.33. The molecule has 0 spiro atoms. The molecule has 0 radical (unpaired) electrons. The van der Waals surface area contributed by atoms with Crippen LogP contribution in [-0.2, 0) is 9.47 Å². The van der Waals surface area contributed by atoms with Crippen LogP contribution in [0.4, 0.5) is 0 Å². The van der Waals surface area contributed by atoms with Crippen molar-refractivity contribution in [3.63, 3.8) is 0 Å². The number of carbonyl (C=O) groups is 2. The number of methoxy groups -OCH3 is 4. The Bertz CT molecular complexity index is 938. The van der Waals surface area contributed by atoms with E-state index >= 15 is 0 Å². The molecule has 0 atom stereocenters. The first-order valence-electron chi connectivity index (χ1n) is 9.45. The molecular weight excluding hydrogens is 443 g/mol. The highest BCUT2D eigenvalue weighted by Gasteiger charge is 2.22. The molecule has 2 aromatic rings. The van der Waals surface area contributed by atoms with Crippen LogP contribution in [0, 0.1) is 0 Å². The smallest absolute Gasteiger partial charge is 0.341 e. The summed E-state index contributed by atoms with van der Waals surface area (Å²) < 4.78 is 20.3. The van der Waals surface area contributed by atoms with Crippen LogP contribution >= 0.6 is 23.2 Å². The van der Waals surface area contributed by atoms with Gasteiger partial charge in [-0.1, -0.05) is 42.6 Å². The van der Waals surface area contributed by atoms with E-state index in [1.54, 1.807) is 24.3 Å². The van der Waals surface area contributed by atoms with Gasteiger partial charge in [0.25, 0.3) is 0 Å². The molecule has 166 valence electrons. The third-order valence-electron chi connectivity index (χ3n) is 4.57. The highest BCUT2D eigenvalue weighted by Crippen LogP contribution is 2.38. The van der Waals surface area contributed by atoms with Crippen molar-refractivity contribution < 1.29 is 28.5 Å². The number of hydrogen-bond donors (Lipinski definition) is 0. The van der Waals surface area contributed by atoms with Gasteiger partial charge < -0.3 is 18.9 Å². The quantitative estimate of drug-likeness (QED) is 0.456. The van der Waals surface area contributed by atoms with Crippen LogP contribution < -0.4 is 9.47 Å². The van der Waals surface area contributed by atoms with Gasteiger partial charge in [0.1, 0.15) is 11.1 Å². The summed E-state index contributed by atoms with van der Waals surface area (Å²) in [6, 6.07) is 6.64. The largest absolute Gasteiger partial charge is 0.494 e. The molecule has 6 nitrogen and oxygen atoms in total. The van der Waals surface area contributed by atoms with Gasteiger partial charge in [-0.3, -0.25) is 0 Å². The van der Waals surface area contributed by atoms with Gasteiger partial charge in [0.15, 0.2) is 11.5 Å². The lowest BCUT2D eigenvalue weighted by Gasteiger charge is -2.17. The van der Waals surface area contributed by atoms with Crippen molar-refractivity contribution in [1.82, 2.24) is 0 Å². The van der Waals surface area contributed by atoms with Crippen LogP contribution in [0.3, 0.4) is 0 Å². The van der Waals surface area contributed by atoms with Crippen molar-refractivity contribution in [3.05, 3.63) is 62.6 Å². The van der Waals surface area contributed by atoms with Crippen LogP contribution in [0.2, 0.25) is 10.0 Å². The van der Waals surface area contributed by atoms with Gasteiger partial charge in [0.2, 0.25) is 0 Å². The van der Waals surface area contributed by atoms with E-state index in [4.69, 9.17) is 42.1 Å². The van der Waals surface area contributed by atoms with Gasteiger partial charge in [-0.2, -0.15) is 0 Å². The maximum atomic E-state index is 12.3. The van der Waals surface area contributed by atoms with E-state index in [1.807, 2.05) is 13.0 Å². The molecule has 0 saturated carbocycles. The Morgan fingerprint density at radius 1 is 0.806 bits per heavy atom. The molecule has 2 aromatic carbocycles. The van der Waals surface area contributed by atoms with Crippen molar-refractivity contribution in [3.8, 4) is 11.5 Å². The summed E-state index contributed by atoms with van der Waals surface area (Å²) in [6.45, 7) is 2.04. The van der Waals surface area contributed by atoms with Gasteiger partial charge in [-0.25, -0.2) is 9.59 Å². The first kappa shape index (κ1) is 24.6. The Balaban J connectivity index is 2.79. The second-order valence-corrected chi connectivity index (χ2v) is 7.28. The molecule has 31 heavy (non-hydrogen) atoms. The molecule has 2 rings (SSSR count). The van der Waals surface area contributed by atoms with Gasteiger partial charge >= 0.3 is 11.9 Å². The van der Waals surface area contributed by atoms with Crippen molar-refractivity contribution in [2.45, 2.75) is 19.8 Å². The molecule has 0 amide bonds. The predicted molar refractivity (Wildman–Crippen MR) is 121 cm³/mol. The van der Waals surface area contributed by atoms with Gasteiger partial charge in [0, 0.05) is 0 Å². The zero-order valence-electron chi connectivity index (χ0n) is 18.0. The molecule has 0 fully saturated rings.